The van der Waals surface area contributed by atoms with Crippen molar-refractivity contribution in [3.8, 4) is 5.75 Å². The van der Waals surface area contributed by atoms with Gasteiger partial charge in [-0.1, -0.05) is 19.1 Å². The molecule has 23 heavy (non-hydrogen) atoms. The summed E-state index contributed by atoms with van der Waals surface area (Å²) < 4.78 is 5.40. The summed E-state index contributed by atoms with van der Waals surface area (Å²) in [4.78, 5) is 12.5. The van der Waals surface area contributed by atoms with Gasteiger partial charge in [-0.3, -0.25) is 4.79 Å². The third kappa shape index (κ3) is 2.03. The number of allylic oxidation sites excluding steroid dienone is 1. The normalized spacial score (nSPS) is 38.4. The van der Waals surface area contributed by atoms with E-state index >= 15 is 0 Å². The highest BCUT2D eigenvalue weighted by molar-refractivity contribution is 5.87. The fraction of sp³-hybridized carbons (Fsp3) is 0.571. The number of fused-ring (bicyclic) bond motifs is 5. The van der Waals surface area contributed by atoms with Crippen LogP contribution < -0.4 is 4.74 Å². The molecule has 1 aromatic carbocycles. The average Bonchev–Trinajstić information content (AvgIpc) is 2.88. The Hall–Kier alpha value is -1.57. The van der Waals surface area contributed by atoms with E-state index in [1.807, 2.05) is 0 Å². The van der Waals surface area contributed by atoms with Crippen molar-refractivity contribution in [1.82, 2.24) is 0 Å². The van der Waals surface area contributed by atoms with E-state index in [9.17, 15) is 4.79 Å². The van der Waals surface area contributed by atoms with Gasteiger partial charge in [0.15, 0.2) is 0 Å². The Morgan fingerprint density at radius 1 is 1.30 bits per heavy atom. The first-order valence-electron chi connectivity index (χ1n) is 8.91. The first kappa shape index (κ1) is 15.0. The van der Waals surface area contributed by atoms with Crippen LogP contribution in [0.1, 0.15) is 49.7 Å². The van der Waals surface area contributed by atoms with Crippen molar-refractivity contribution in [2.24, 2.45) is 23.2 Å². The number of carbonyl (C=O) groups excluding carboxylic acids is 1. The molecule has 1 aromatic rings. The summed E-state index contributed by atoms with van der Waals surface area (Å²) in [5.74, 6) is 3.58. The molecule has 3 aliphatic carbocycles. The predicted molar refractivity (Wildman–Crippen MR) is 91.7 cm³/mol. The van der Waals surface area contributed by atoms with E-state index in [4.69, 9.17) is 4.74 Å². The Labute approximate surface area is 138 Å². The number of carbonyl (C=O) groups is 1. The molecule has 4 rings (SSSR count). The van der Waals surface area contributed by atoms with Gasteiger partial charge >= 0.3 is 0 Å². The summed E-state index contributed by atoms with van der Waals surface area (Å²) in [5, 5.41) is 0. The lowest BCUT2D eigenvalue weighted by Crippen LogP contribution is -2.46. The number of aryl methyl sites for hydroxylation is 1. The molecular formula is C21H26O2. The minimum Gasteiger partial charge on any atom is -0.497 e. The molecule has 0 amide bonds. The topological polar surface area (TPSA) is 26.3 Å². The van der Waals surface area contributed by atoms with Crippen molar-refractivity contribution in [2.75, 3.05) is 7.11 Å². The van der Waals surface area contributed by atoms with Crippen molar-refractivity contribution in [3.63, 3.8) is 0 Å². The van der Waals surface area contributed by atoms with Gasteiger partial charge in [-0.25, -0.2) is 0 Å². The van der Waals surface area contributed by atoms with Gasteiger partial charge in [0, 0.05) is 11.8 Å². The zero-order chi connectivity index (χ0) is 16.2. The van der Waals surface area contributed by atoms with Crippen LogP contribution in [0.5, 0.6) is 5.75 Å². The van der Waals surface area contributed by atoms with Crippen molar-refractivity contribution >= 4 is 5.78 Å². The summed E-state index contributed by atoms with van der Waals surface area (Å²) in [6.45, 7) is 6.34. The van der Waals surface area contributed by atoms with E-state index < -0.39 is 0 Å². The summed E-state index contributed by atoms with van der Waals surface area (Å²) >= 11 is 0. The second-order valence-corrected chi connectivity index (χ2v) is 7.88. The largest absolute Gasteiger partial charge is 0.497 e. The highest BCUT2D eigenvalue weighted by atomic mass is 16.5. The Bertz CT molecular complexity index is 662. The maximum atomic E-state index is 12.5. The van der Waals surface area contributed by atoms with Crippen molar-refractivity contribution in [3.05, 3.63) is 42.0 Å². The molecule has 2 fully saturated rings. The molecule has 0 radical (unpaired) electrons. The van der Waals surface area contributed by atoms with Crippen LogP contribution in [0.4, 0.5) is 0 Å². The number of hydrogen-bond donors (Lipinski definition) is 0. The molecule has 0 aromatic heterocycles. The molecule has 2 nitrogen and oxygen atoms in total. The number of ketones is 1. The van der Waals surface area contributed by atoms with Crippen LogP contribution in [0.3, 0.4) is 0 Å². The van der Waals surface area contributed by atoms with Crippen LogP contribution >= 0.6 is 0 Å². The van der Waals surface area contributed by atoms with Gasteiger partial charge in [-0.2, -0.15) is 0 Å². The highest BCUT2D eigenvalue weighted by Gasteiger charge is 2.57. The Morgan fingerprint density at radius 3 is 2.87 bits per heavy atom. The van der Waals surface area contributed by atoms with Crippen LogP contribution in [0, 0.1) is 23.2 Å². The average molecular weight is 310 g/mol. The predicted octanol–water partition coefficient (Wildman–Crippen LogP) is 4.53. The van der Waals surface area contributed by atoms with Crippen LogP contribution in [0.15, 0.2) is 30.9 Å². The van der Waals surface area contributed by atoms with Gasteiger partial charge in [-0.15, -0.1) is 6.58 Å². The number of Topliss-reactive ketones (excluding diaryl/α,β-unsaturated/α-hetero) is 1. The zero-order valence-electron chi connectivity index (χ0n) is 14.2. The van der Waals surface area contributed by atoms with Crippen LogP contribution in [0.2, 0.25) is 0 Å². The molecule has 2 saturated carbocycles. The Morgan fingerprint density at radius 2 is 2.13 bits per heavy atom. The third-order valence-electron chi connectivity index (χ3n) is 7.00. The van der Waals surface area contributed by atoms with Crippen LogP contribution in [-0.2, 0) is 11.2 Å². The van der Waals surface area contributed by atoms with Gasteiger partial charge < -0.3 is 4.74 Å². The molecule has 3 aliphatic rings. The summed E-state index contributed by atoms with van der Waals surface area (Å²) in [7, 11) is 1.73. The van der Waals surface area contributed by atoms with Gasteiger partial charge in [0.2, 0.25) is 0 Å². The second kappa shape index (κ2) is 5.22. The molecule has 2 heteroatoms. The van der Waals surface area contributed by atoms with Gasteiger partial charge in [0.1, 0.15) is 11.5 Å². The summed E-state index contributed by atoms with van der Waals surface area (Å²) in [6, 6.07) is 6.56. The van der Waals surface area contributed by atoms with E-state index in [2.05, 4.69) is 37.8 Å². The number of rotatable bonds is 2. The molecular weight excluding hydrogens is 284 g/mol. The van der Waals surface area contributed by atoms with E-state index in [1.54, 1.807) is 7.11 Å². The van der Waals surface area contributed by atoms with E-state index in [0.717, 1.165) is 31.4 Å². The zero-order valence-corrected chi connectivity index (χ0v) is 14.2. The van der Waals surface area contributed by atoms with Gasteiger partial charge in [0.25, 0.3) is 0 Å². The number of ether oxygens (including phenoxy) is 1. The number of methoxy groups -OCH3 is 1. The van der Waals surface area contributed by atoms with Crippen molar-refractivity contribution < 1.29 is 9.53 Å². The fourth-order valence-corrected chi connectivity index (χ4v) is 5.88. The van der Waals surface area contributed by atoms with E-state index in [1.165, 1.54) is 17.5 Å². The molecule has 0 heterocycles. The first-order chi connectivity index (χ1) is 11.1. The molecule has 122 valence electrons. The Balaban J connectivity index is 1.78. The monoisotopic (exact) mass is 310 g/mol. The molecule has 0 bridgehead atoms. The lowest BCUT2D eigenvalue weighted by atomic mass is 9.52. The number of benzene rings is 1. The molecule has 0 aliphatic heterocycles. The van der Waals surface area contributed by atoms with Crippen LogP contribution in [-0.4, -0.2) is 12.9 Å². The smallest absolute Gasteiger partial charge is 0.139 e. The first-order valence-corrected chi connectivity index (χ1v) is 8.91. The van der Waals surface area contributed by atoms with E-state index in [-0.39, 0.29) is 5.41 Å². The quantitative estimate of drug-likeness (QED) is 0.750. The molecule has 3 unspecified atom stereocenters. The fourth-order valence-electron chi connectivity index (χ4n) is 5.88. The molecule has 0 saturated heterocycles. The maximum absolute atomic E-state index is 12.5. The Kier molecular flexibility index (Phi) is 3.40. The number of hydrogen-bond acceptors (Lipinski definition) is 2. The molecule has 0 N–H and O–H groups in total. The highest BCUT2D eigenvalue weighted by Crippen LogP contribution is 2.61. The SMILES string of the molecule is C=C[C@H]1C[C@]2(C)C(=O)CCC2C2CCc3cc(OC)ccc3C21. The van der Waals surface area contributed by atoms with Gasteiger partial charge in [0.05, 0.1) is 7.11 Å². The molecule has 0 spiro atoms. The summed E-state index contributed by atoms with van der Waals surface area (Å²) in [5.41, 5.74) is 2.81. The minimum atomic E-state index is -0.107. The standard InChI is InChI=1S/C21H26O2/c1-4-13-12-21(2)18(9-10-19(21)22)17-7-5-14-11-15(23-3)6-8-16(14)20(13)17/h4,6,8,11,13,17-18,20H,1,5,7,9-10,12H2,2-3H3/t13-,17?,18?,20?,21-/m0/s1. The lowest BCUT2D eigenvalue weighted by Gasteiger charge is -2.51. The summed E-state index contributed by atoms with van der Waals surface area (Å²) in [6.07, 6.45) is 7.27. The third-order valence-corrected chi connectivity index (χ3v) is 7.00. The van der Waals surface area contributed by atoms with Crippen molar-refractivity contribution in [2.45, 2.75) is 44.9 Å². The van der Waals surface area contributed by atoms with Crippen LogP contribution in [0.25, 0.3) is 0 Å². The van der Waals surface area contributed by atoms with E-state index in [0.29, 0.717) is 29.5 Å². The second-order valence-electron chi connectivity index (χ2n) is 7.88. The maximum Gasteiger partial charge on any atom is 0.139 e. The molecule has 5 atom stereocenters. The minimum absolute atomic E-state index is 0.107. The van der Waals surface area contributed by atoms with Crippen molar-refractivity contribution in [1.29, 1.82) is 0 Å². The lowest BCUT2D eigenvalue weighted by molar-refractivity contribution is -0.130. The van der Waals surface area contributed by atoms with Gasteiger partial charge in [-0.05, 0) is 72.6 Å².